The van der Waals surface area contributed by atoms with E-state index >= 15 is 0 Å². The van der Waals surface area contributed by atoms with Gasteiger partial charge in [-0.1, -0.05) is 12.8 Å². The Morgan fingerprint density at radius 1 is 1.12 bits per heavy atom. The minimum atomic E-state index is 0.767. The van der Waals surface area contributed by atoms with Crippen molar-refractivity contribution in [2.45, 2.75) is 50.6 Å². The molecule has 3 nitrogen and oxygen atoms in total. The Morgan fingerprint density at radius 2 is 1.76 bits per heavy atom. The van der Waals surface area contributed by atoms with Gasteiger partial charge in [0.1, 0.15) is 0 Å². The number of hydrogen-bond donors (Lipinski definition) is 1. The summed E-state index contributed by atoms with van der Waals surface area (Å²) in [5.41, 5.74) is 0. The van der Waals surface area contributed by atoms with Crippen LogP contribution in [0.5, 0.6) is 0 Å². The maximum atomic E-state index is 3.73. The van der Waals surface area contributed by atoms with Crippen molar-refractivity contribution in [2.75, 3.05) is 40.3 Å². The zero-order valence-electron chi connectivity index (χ0n) is 11.6. The van der Waals surface area contributed by atoms with Crippen molar-refractivity contribution in [1.82, 2.24) is 15.1 Å². The van der Waals surface area contributed by atoms with E-state index in [-0.39, 0.29) is 0 Å². The van der Waals surface area contributed by atoms with Crippen LogP contribution in [0.25, 0.3) is 0 Å². The summed E-state index contributed by atoms with van der Waals surface area (Å²) >= 11 is 0. The van der Waals surface area contributed by atoms with Gasteiger partial charge in [-0.15, -0.1) is 0 Å². The Morgan fingerprint density at radius 3 is 2.41 bits per heavy atom. The molecule has 1 N–H and O–H groups in total. The van der Waals surface area contributed by atoms with E-state index in [4.69, 9.17) is 0 Å². The highest BCUT2D eigenvalue weighted by Gasteiger charge is 2.20. The summed E-state index contributed by atoms with van der Waals surface area (Å²) in [6.45, 7) is 4.91. The number of rotatable bonds is 5. The van der Waals surface area contributed by atoms with E-state index in [2.05, 4.69) is 29.2 Å². The molecule has 0 atom stereocenters. The number of nitrogens with one attached hydrogen (secondary N) is 1. The monoisotopic (exact) mass is 239 g/mol. The Bertz CT molecular complexity index is 206. The average Bonchev–Trinajstić information content (AvgIpc) is 2.85. The minimum Gasteiger partial charge on any atom is -0.313 e. The van der Waals surface area contributed by atoms with Crippen LogP contribution in [0.2, 0.25) is 0 Å². The summed E-state index contributed by atoms with van der Waals surface area (Å²) in [6, 6.07) is 1.64. The lowest BCUT2D eigenvalue weighted by Gasteiger charge is -2.31. The molecule has 0 unspecified atom stereocenters. The first-order valence-electron chi connectivity index (χ1n) is 7.38. The highest BCUT2D eigenvalue weighted by atomic mass is 15.2. The topological polar surface area (TPSA) is 18.5 Å². The summed E-state index contributed by atoms with van der Waals surface area (Å²) in [6.07, 6.45) is 8.37. The molecule has 2 rings (SSSR count). The van der Waals surface area contributed by atoms with E-state index in [0.717, 1.165) is 12.1 Å². The zero-order chi connectivity index (χ0) is 12.1. The van der Waals surface area contributed by atoms with Crippen molar-refractivity contribution in [2.24, 2.45) is 0 Å². The van der Waals surface area contributed by atoms with Gasteiger partial charge in [-0.25, -0.2) is 0 Å². The zero-order valence-corrected chi connectivity index (χ0v) is 11.6. The van der Waals surface area contributed by atoms with Crippen LogP contribution in [0.3, 0.4) is 0 Å². The molecule has 1 heterocycles. The second-order valence-electron chi connectivity index (χ2n) is 5.95. The van der Waals surface area contributed by atoms with Crippen molar-refractivity contribution in [3.05, 3.63) is 0 Å². The maximum absolute atomic E-state index is 3.73. The quantitative estimate of drug-likeness (QED) is 0.785. The first-order valence-corrected chi connectivity index (χ1v) is 7.38. The van der Waals surface area contributed by atoms with Gasteiger partial charge in [-0.05, 0) is 52.9 Å². The molecule has 2 aliphatic rings. The fourth-order valence-corrected chi connectivity index (χ4v) is 3.19. The molecule has 1 aliphatic carbocycles. The molecule has 0 radical (unpaired) electrons. The molecule has 1 saturated carbocycles. The van der Waals surface area contributed by atoms with Gasteiger partial charge in [0.25, 0.3) is 0 Å². The Hall–Kier alpha value is -0.120. The van der Waals surface area contributed by atoms with Gasteiger partial charge in [-0.3, -0.25) is 0 Å². The number of piperidine rings is 1. The normalized spacial score (nSPS) is 24.9. The van der Waals surface area contributed by atoms with Gasteiger partial charge in [0, 0.05) is 25.2 Å². The van der Waals surface area contributed by atoms with Gasteiger partial charge in [0.15, 0.2) is 0 Å². The first kappa shape index (κ1) is 13.3. The molecule has 0 aromatic rings. The average molecular weight is 239 g/mol. The predicted molar refractivity (Wildman–Crippen MR) is 73.4 cm³/mol. The predicted octanol–water partition coefficient (Wildman–Crippen LogP) is 1.54. The van der Waals surface area contributed by atoms with Gasteiger partial charge < -0.3 is 15.1 Å². The summed E-state index contributed by atoms with van der Waals surface area (Å²) in [7, 11) is 4.52. The lowest BCUT2D eigenvalue weighted by atomic mass is 10.1. The van der Waals surface area contributed by atoms with Crippen LogP contribution in [0.1, 0.15) is 38.5 Å². The van der Waals surface area contributed by atoms with Gasteiger partial charge in [-0.2, -0.15) is 0 Å². The van der Waals surface area contributed by atoms with Crippen LogP contribution in [0, 0.1) is 0 Å². The molecule has 2 fully saturated rings. The number of likely N-dealkylation sites (N-methyl/N-ethyl adjacent to an activating group) is 1. The van der Waals surface area contributed by atoms with Crippen LogP contribution in [-0.4, -0.2) is 62.2 Å². The Kier molecular flexibility index (Phi) is 5.26. The van der Waals surface area contributed by atoms with E-state index in [1.807, 2.05) is 0 Å². The second kappa shape index (κ2) is 6.72. The van der Waals surface area contributed by atoms with E-state index in [0.29, 0.717) is 0 Å². The van der Waals surface area contributed by atoms with Crippen LogP contribution < -0.4 is 5.32 Å². The number of likely N-dealkylation sites (tertiary alicyclic amines) is 1. The SMILES string of the molecule is CN1CCC(NCCN(C)C2CCCC2)CC1. The van der Waals surface area contributed by atoms with E-state index in [9.17, 15) is 0 Å². The highest BCUT2D eigenvalue weighted by molar-refractivity contribution is 4.78. The molecular formula is C14H29N3. The minimum absolute atomic E-state index is 0.767. The smallest absolute Gasteiger partial charge is 0.0107 e. The number of hydrogen-bond acceptors (Lipinski definition) is 3. The van der Waals surface area contributed by atoms with Crippen molar-refractivity contribution < 1.29 is 0 Å². The maximum Gasteiger partial charge on any atom is 0.0107 e. The summed E-state index contributed by atoms with van der Waals surface area (Å²) in [4.78, 5) is 5.00. The third-order valence-electron chi connectivity index (χ3n) is 4.56. The highest BCUT2D eigenvalue weighted by Crippen LogP contribution is 2.21. The molecule has 1 saturated heterocycles. The third kappa shape index (κ3) is 4.23. The van der Waals surface area contributed by atoms with Gasteiger partial charge in [0.05, 0.1) is 0 Å². The first-order chi connectivity index (χ1) is 8.25. The van der Waals surface area contributed by atoms with Crippen molar-refractivity contribution in [3.8, 4) is 0 Å². The fraction of sp³-hybridized carbons (Fsp3) is 1.00. The van der Waals surface area contributed by atoms with E-state index < -0.39 is 0 Å². The molecule has 0 spiro atoms. The fourth-order valence-electron chi connectivity index (χ4n) is 3.19. The van der Waals surface area contributed by atoms with E-state index in [1.165, 1.54) is 64.7 Å². The van der Waals surface area contributed by atoms with Gasteiger partial charge >= 0.3 is 0 Å². The largest absolute Gasteiger partial charge is 0.313 e. The molecule has 0 amide bonds. The van der Waals surface area contributed by atoms with Crippen LogP contribution in [0.4, 0.5) is 0 Å². The van der Waals surface area contributed by atoms with Crippen molar-refractivity contribution in [1.29, 1.82) is 0 Å². The molecule has 0 bridgehead atoms. The van der Waals surface area contributed by atoms with Crippen molar-refractivity contribution >= 4 is 0 Å². The Labute approximate surface area is 107 Å². The molecule has 100 valence electrons. The van der Waals surface area contributed by atoms with Gasteiger partial charge in [0.2, 0.25) is 0 Å². The van der Waals surface area contributed by atoms with E-state index in [1.54, 1.807) is 0 Å². The molecule has 17 heavy (non-hydrogen) atoms. The second-order valence-corrected chi connectivity index (χ2v) is 5.95. The lowest BCUT2D eigenvalue weighted by Crippen LogP contribution is -2.44. The van der Waals surface area contributed by atoms with Crippen LogP contribution in [0.15, 0.2) is 0 Å². The number of nitrogens with zero attached hydrogens (tertiary/aromatic N) is 2. The standard InChI is InChI=1S/C14H29N3/c1-16-10-7-13(8-11-16)15-9-12-17(2)14-5-3-4-6-14/h13-15H,3-12H2,1-2H3. The summed E-state index contributed by atoms with van der Waals surface area (Å²) in [5, 5.41) is 3.73. The Balaban J connectivity index is 1.56. The summed E-state index contributed by atoms with van der Waals surface area (Å²) in [5.74, 6) is 0. The third-order valence-corrected chi connectivity index (χ3v) is 4.56. The molecule has 0 aromatic carbocycles. The van der Waals surface area contributed by atoms with Crippen LogP contribution >= 0.6 is 0 Å². The molecular weight excluding hydrogens is 210 g/mol. The molecule has 0 aromatic heterocycles. The lowest BCUT2D eigenvalue weighted by molar-refractivity contribution is 0.214. The summed E-state index contributed by atoms with van der Waals surface area (Å²) < 4.78 is 0. The molecule has 3 heteroatoms. The van der Waals surface area contributed by atoms with Crippen LogP contribution in [-0.2, 0) is 0 Å². The van der Waals surface area contributed by atoms with Crippen molar-refractivity contribution in [3.63, 3.8) is 0 Å². The molecule has 1 aliphatic heterocycles.